The maximum absolute atomic E-state index is 12.2. The first-order chi connectivity index (χ1) is 11.6. The number of nitrogens with one attached hydrogen (secondary N) is 1. The van der Waals surface area contributed by atoms with Gasteiger partial charge in [0, 0.05) is 50.2 Å². The van der Waals surface area contributed by atoms with Gasteiger partial charge in [0.25, 0.3) is 0 Å². The van der Waals surface area contributed by atoms with Crippen LogP contribution in [0.25, 0.3) is 11.3 Å². The van der Waals surface area contributed by atoms with Crippen LogP contribution in [0, 0.1) is 0 Å². The number of pyridine rings is 1. The molecule has 1 aliphatic rings. The van der Waals surface area contributed by atoms with E-state index in [-0.39, 0.29) is 5.75 Å². The quantitative estimate of drug-likeness (QED) is 0.801. The predicted octanol–water partition coefficient (Wildman–Crippen LogP) is 1.50. The number of sulfonamides is 1. The van der Waals surface area contributed by atoms with Gasteiger partial charge in [0.15, 0.2) is 5.82 Å². The second kappa shape index (κ2) is 7.14. The van der Waals surface area contributed by atoms with E-state index in [2.05, 4.69) is 26.7 Å². The number of allylic oxidation sites excluding steroid dienone is 1. The summed E-state index contributed by atoms with van der Waals surface area (Å²) in [6.45, 7) is 5.80. The molecule has 0 saturated carbocycles. The van der Waals surface area contributed by atoms with Crippen molar-refractivity contribution in [3.8, 4) is 11.3 Å². The molecule has 0 atom stereocenters. The molecular weight excluding hydrogens is 326 g/mol. The second-order valence-electron chi connectivity index (χ2n) is 5.66. The van der Waals surface area contributed by atoms with E-state index in [1.54, 1.807) is 22.8 Å². The standard InChI is InChI=1S/C16H21N5O2S/c1-2-3-11-24(22,23)21-9-7-20(8-10-21)16-12-15(18-19-16)14-5-4-6-17-13-14/h2,4-6,12-13H,1,3,7-11H2,(H,18,19). The fourth-order valence-corrected chi connectivity index (χ4v) is 4.14. The largest absolute Gasteiger partial charge is 0.352 e. The van der Waals surface area contributed by atoms with E-state index in [4.69, 9.17) is 0 Å². The van der Waals surface area contributed by atoms with Crippen molar-refractivity contribution in [3.63, 3.8) is 0 Å². The summed E-state index contributed by atoms with van der Waals surface area (Å²) in [5.41, 5.74) is 1.88. The normalized spacial score (nSPS) is 16.2. The molecule has 1 aliphatic heterocycles. The van der Waals surface area contributed by atoms with Crippen LogP contribution in [0.3, 0.4) is 0 Å². The van der Waals surface area contributed by atoms with Crippen LogP contribution in [0.4, 0.5) is 5.82 Å². The monoisotopic (exact) mass is 347 g/mol. The highest BCUT2D eigenvalue weighted by Crippen LogP contribution is 2.22. The van der Waals surface area contributed by atoms with Gasteiger partial charge in [0.05, 0.1) is 11.4 Å². The highest BCUT2D eigenvalue weighted by Gasteiger charge is 2.27. The van der Waals surface area contributed by atoms with Crippen LogP contribution in [0.15, 0.2) is 43.2 Å². The number of anilines is 1. The Labute approximate surface area is 142 Å². The zero-order chi connectivity index (χ0) is 17.0. The van der Waals surface area contributed by atoms with Gasteiger partial charge in [-0.1, -0.05) is 6.08 Å². The van der Waals surface area contributed by atoms with Crippen LogP contribution >= 0.6 is 0 Å². The SMILES string of the molecule is C=CCCS(=O)(=O)N1CCN(c2cc(-c3cccnc3)[nH]n2)CC1. The van der Waals surface area contributed by atoms with Gasteiger partial charge in [0.2, 0.25) is 10.0 Å². The van der Waals surface area contributed by atoms with Crippen molar-refractivity contribution in [2.45, 2.75) is 6.42 Å². The van der Waals surface area contributed by atoms with Crippen molar-refractivity contribution >= 4 is 15.8 Å². The zero-order valence-electron chi connectivity index (χ0n) is 13.4. The fraction of sp³-hybridized carbons (Fsp3) is 0.375. The van der Waals surface area contributed by atoms with E-state index in [0.717, 1.165) is 17.1 Å². The summed E-state index contributed by atoms with van der Waals surface area (Å²) in [6, 6.07) is 5.82. The van der Waals surface area contributed by atoms with Gasteiger partial charge in [-0.15, -0.1) is 6.58 Å². The van der Waals surface area contributed by atoms with E-state index in [1.165, 1.54) is 0 Å². The summed E-state index contributed by atoms with van der Waals surface area (Å²) in [6.07, 6.45) is 5.63. The summed E-state index contributed by atoms with van der Waals surface area (Å²) in [7, 11) is -3.19. The molecular formula is C16H21N5O2S. The summed E-state index contributed by atoms with van der Waals surface area (Å²) in [4.78, 5) is 6.20. The number of hydrogen-bond donors (Lipinski definition) is 1. The van der Waals surface area contributed by atoms with Crippen LogP contribution in [0.5, 0.6) is 0 Å². The van der Waals surface area contributed by atoms with Crippen molar-refractivity contribution < 1.29 is 8.42 Å². The number of hydrogen-bond acceptors (Lipinski definition) is 5. The molecule has 1 fully saturated rings. The molecule has 7 nitrogen and oxygen atoms in total. The first-order valence-corrected chi connectivity index (χ1v) is 9.50. The van der Waals surface area contributed by atoms with Gasteiger partial charge in [-0.2, -0.15) is 9.40 Å². The van der Waals surface area contributed by atoms with E-state index in [1.807, 2.05) is 18.2 Å². The lowest BCUT2D eigenvalue weighted by molar-refractivity contribution is 0.384. The minimum Gasteiger partial charge on any atom is -0.352 e. The summed E-state index contributed by atoms with van der Waals surface area (Å²) in [5.74, 6) is 0.960. The molecule has 1 N–H and O–H groups in total. The Kier molecular flexibility index (Phi) is 4.96. The highest BCUT2D eigenvalue weighted by atomic mass is 32.2. The van der Waals surface area contributed by atoms with E-state index in [9.17, 15) is 8.42 Å². The number of rotatable bonds is 6. The third-order valence-corrected chi connectivity index (χ3v) is 5.98. The minimum absolute atomic E-state index is 0.129. The average Bonchev–Trinajstić information content (AvgIpc) is 3.11. The van der Waals surface area contributed by atoms with Crippen LogP contribution < -0.4 is 4.90 Å². The molecule has 24 heavy (non-hydrogen) atoms. The van der Waals surface area contributed by atoms with Gasteiger partial charge in [-0.3, -0.25) is 10.1 Å². The second-order valence-corrected chi connectivity index (χ2v) is 7.75. The minimum atomic E-state index is -3.19. The van der Waals surface area contributed by atoms with Crippen LogP contribution in [-0.4, -0.2) is 59.8 Å². The third-order valence-electron chi connectivity index (χ3n) is 4.07. The Balaban J connectivity index is 1.63. The van der Waals surface area contributed by atoms with Crippen molar-refractivity contribution in [1.82, 2.24) is 19.5 Å². The lowest BCUT2D eigenvalue weighted by Gasteiger charge is -2.33. The molecule has 2 aromatic heterocycles. The summed E-state index contributed by atoms with van der Waals surface area (Å²) >= 11 is 0. The van der Waals surface area contributed by atoms with Gasteiger partial charge >= 0.3 is 0 Å². The lowest BCUT2D eigenvalue weighted by atomic mass is 10.2. The number of nitrogens with zero attached hydrogens (tertiary/aromatic N) is 4. The molecule has 3 heterocycles. The summed E-state index contributed by atoms with van der Waals surface area (Å²) in [5, 5.41) is 7.36. The fourth-order valence-electron chi connectivity index (χ4n) is 2.70. The molecule has 3 rings (SSSR count). The van der Waals surface area contributed by atoms with Crippen molar-refractivity contribution in [1.29, 1.82) is 0 Å². The third kappa shape index (κ3) is 3.65. The molecule has 1 saturated heterocycles. The Morgan fingerprint density at radius 1 is 1.29 bits per heavy atom. The van der Waals surface area contributed by atoms with Gasteiger partial charge in [-0.05, 0) is 18.6 Å². The molecule has 128 valence electrons. The van der Waals surface area contributed by atoms with E-state index in [0.29, 0.717) is 32.6 Å². The Morgan fingerprint density at radius 3 is 2.75 bits per heavy atom. The Hall–Kier alpha value is -2.19. The van der Waals surface area contributed by atoms with Crippen LogP contribution in [0.1, 0.15) is 6.42 Å². The maximum Gasteiger partial charge on any atom is 0.214 e. The van der Waals surface area contributed by atoms with Gasteiger partial charge in [0.1, 0.15) is 0 Å². The summed E-state index contributed by atoms with van der Waals surface area (Å²) < 4.78 is 26.0. The van der Waals surface area contributed by atoms with Crippen LogP contribution in [0.2, 0.25) is 0 Å². The highest BCUT2D eigenvalue weighted by molar-refractivity contribution is 7.89. The average molecular weight is 347 g/mol. The van der Waals surface area contributed by atoms with Gasteiger partial charge < -0.3 is 4.90 Å². The number of H-pyrrole nitrogens is 1. The molecule has 0 radical (unpaired) electrons. The topological polar surface area (TPSA) is 82.2 Å². The van der Waals surface area contributed by atoms with Crippen molar-refractivity contribution in [3.05, 3.63) is 43.2 Å². The Morgan fingerprint density at radius 2 is 2.08 bits per heavy atom. The first-order valence-electron chi connectivity index (χ1n) is 7.89. The molecule has 0 spiro atoms. The molecule has 8 heteroatoms. The lowest BCUT2D eigenvalue weighted by Crippen LogP contribution is -2.49. The van der Waals surface area contributed by atoms with Crippen molar-refractivity contribution in [2.24, 2.45) is 0 Å². The first kappa shape index (κ1) is 16.7. The smallest absolute Gasteiger partial charge is 0.214 e. The molecule has 0 aliphatic carbocycles. The van der Waals surface area contributed by atoms with E-state index >= 15 is 0 Å². The van der Waals surface area contributed by atoms with Gasteiger partial charge in [-0.25, -0.2) is 8.42 Å². The van der Waals surface area contributed by atoms with Crippen molar-refractivity contribution in [2.75, 3.05) is 36.8 Å². The Bertz CT molecular complexity index is 780. The van der Waals surface area contributed by atoms with Crippen LogP contribution in [-0.2, 0) is 10.0 Å². The van der Waals surface area contributed by atoms with E-state index < -0.39 is 10.0 Å². The molecule has 0 amide bonds. The number of aromatic amines is 1. The molecule has 0 unspecified atom stereocenters. The molecule has 0 bridgehead atoms. The maximum atomic E-state index is 12.2. The number of piperazine rings is 1. The predicted molar refractivity (Wildman–Crippen MR) is 94.2 cm³/mol. The molecule has 0 aromatic carbocycles. The zero-order valence-corrected chi connectivity index (χ0v) is 14.2. The molecule has 2 aromatic rings. The number of aromatic nitrogens is 3.